The zero-order valence-electron chi connectivity index (χ0n) is 3.06. The van der Waals surface area contributed by atoms with Crippen LogP contribution in [0.1, 0.15) is 0 Å². The van der Waals surface area contributed by atoms with E-state index in [9.17, 15) is 0 Å². The molecule has 0 atom stereocenters. The van der Waals surface area contributed by atoms with E-state index in [1.807, 2.05) is 5.40 Å². The van der Waals surface area contributed by atoms with Gasteiger partial charge in [-0.15, -0.1) is 0 Å². The molecule has 0 bridgehead atoms. The Morgan fingerprint density at radius 2 is 2.00 bits per heavy atom. The van der Waals surface area contributed by atoms with E-state index in [0.717, 1.165) is 0 Å². The molecule has 0 fully saturated rings. The molecular formula is CHgKNS. The molecule has 1 radical (unpaired) electrons. The van der Waals surface area contributed by atoms with Gasteiger partial charge in [-0.25, -0.2) is 0 Å². The van der Waals surface area contributed by atoms with Crippen LogP contribution in [-0.2, 0) is 24.6 Å². The minimum Gasteiger partial charge on any atom is 0 e. The van der Waals surface area contributed by atoms with Crippen LogP contribution < -0.4 is 0 Å². The summed E-state index contributed by atoms with van der Waals surface area (Å²) < 4.78 is 0. The smallest absolute Gasteiger partial charge is 0 e. The van der Waals surface area contributed by atoms with Crippen molar-refractivity contribution in [1.29, 1.82) is 5.26 Å². The van der Waals surface area contributed by atoms with Crippen LogP contribution in [0.5, 0.6) is 0 Å². The number of hydrogen-bond acceptors (Lipinski definition) is 2. The predicted octanol–water partition coefficient (Wildman–Crippen LogP) is 0.282. The monoisotopic (exact) mass is 299 g/mol. The summed E-state index contributed by atoms with van der Waals surface area (Å²) in [5, 5.41) is 9.57. The van der Waals surface area contributed by atoms with Crippen LogP contribution in [0.15, 0.2) is 0 Å². The van der Waals surface area contributed by atoms with E-state index in [4.69, 9.17) is 5.26 Å². The summed E-state index contributed by atoms with van der Waals surface area (Å²) in [6.07, 6.45) is 0. The molecule has 0 saturated carbocycles. The molecule has 1 nitrogen and oxygen atoms in total. The van der Waals surface area contributed by atoms with Gasteiger partial charge in [0.05, 0.1) is 0 Å². The fourth-order valence-electron chi connectivity index (χ4n) is 0. The summed E-state index contributed by atoms with van der Waals surface area (Å²) in [5.74, 6) is 0. The molecule has 0 rings (SSSR count). The Kier molecular flexibility index (Phi) is 20.1. The van der Waals surface area contributed by atoms with Gasteiger partial charge in [-0.2, -0.15) is 0 Å². The van der Waals surface area contributed by atoms with Crippen molar-refractivity contribution in [1.82, 2.24) is 0 Å². The second-order valence-corrected chi connectivity index (χ2v) is 4.07. The SMILES string of the molecule is N#C[S][Hg].[K]. The van der Waals surface area contributed by atoms with Crippen molar-refractivity contribution in [3.63, 3.8) is 0 Å². The van der Waals surface area contributed by atoms with Crippen molar-refractivity contribution in [2.45, 2.75) is 0 Å². The quantitative estimate of drug-likeness (QED) is 0.474. The van der Waals surface area contributed by atoms with Gasteiger partial charge in [0.1, 0.15) is 0 Å². The number of nitrogens with zero attached hydrogens (tertiary/aromatic N) is 1. The molecule has 0 unspecified atom stereocenters. The van der Waals surface area contributed by atoms with Crippen molar-refractivity contribution in [3.05, 3.63) is 0 Å². The van der Waals surface area contributed by atoms with Crippen molar-refractivity contribution >= 4 is 59.6 Å². The minimum absolute atomic E-state index is 0. The summed E-state index contributed by atoms with van der Waals surface area (Å²) in [7, 11) is 1.36. The zero-order valence-corrected chi connectivity index (χ0v) is 12.5. The molecule has 4 heteroatoms. The predicted molar refractivity (Wildman–Crippen MR) is 19.0 cm³/mol. The Bertz CT molecular complexity index is 41.4. The molecule has 0 aromatic rings. The normalized spacial score (nSPS) is 4.20. The molecule has 0 heterocycles. The van der Waals surface area contributed by atoms with Crippen LogP contribution in [0.4, 0.5) is 0 Å². The van der Waals surface area contributed by atoms with E-state index in [1.54, 1.807) is 0 Å². The molecule has 0 amide bonds. The van der Waals surface area contributed by atoms with Crippen molar-refractivity contribution in [3.8, 4) is 5.40 Å². The Morgan fingerprint density at radius 3 is 2.00 bits per heavy atom. The Morgan fingerprint density at radius 1 is 1.80 bits per heavy atom. The van der Waals surface area contributed by atoms with Crippen molar-refractivity contribution in [2.75, 3.05) is 0 Å². The van der Waals surface area contributed by atoms with Gasteiger partial charge in [-0.05, 0) is 0 Å². The first-order valence-electron chi connectivity index (χ1n) is 0.716. The third-order valence-electron chi connectivity index (χ3n) is 0.0645. The topological polar surface area (TPSA) is 23.8 Å². The van der Waals surface area contributed by atoms with E-state index >= 15 is 0 Å². The van der Waals surface area contributed by atoms with Gasteiger partial charge in [0.25, 0.3) is 0 Å². The van der Waals surface area contributed by atoms with Crippen LogP contribution in [-0.4, -0.2) is 51.4 Å². The second kappa shape index (κ2) is 9.65. The first-order chi connectivity index (χ1) is 1.91. The molecule has 0 spiro atoms. The van der Waals surface area contributed by atoms with Crippen molar-refractivity contribution < 1.29 is 24.6 Å². The van der Waals surface area contributed by atoms with Gasteiger partial charge in [0.2, 0.25) is 0 Å². The fraction of sp³-hybridized carbons (Fsp3) is 0. The molecule has 0 aliphatic carbocycles. The number of hydrogen-bond donors (Lipinski definition) is 0. The summed E-state index contributed by atoms with van der Waals surface area (Å²) in [6.45, 7) is 0. The maximum absolute atomic E-state index is 7.64. The molecule has 5 heavy (non-hydrogen) atoms. The van der Waals surface area contributed by atoms with Gasteiger partial charge >= 0.3 is 43.5 Å². The molecule has 0 aromatic heterocycles. The summed E-state index contributed by atoms with van der Waals surface area (Å²) in [5.41, 5.74) is 0. The fourth-order valence-corrected chi connectivity index (χ4v) is 0. The maximum atomic E-state index is 7.64. The third kappa shape index (κ3) is 10.7. The average Bonchev–Trinajstić information content (AvgIpc) is 1.37. The maximum Gasteiger partial charge on any atom is 0 e. The Balaban J connectivity index is 0. The number of nitriles is 1. The van der Waals surface area contributed by atoms with E-state index in [2.05, 4.69) is 0 Å². The molecule has 18 valence electrons. The van der Waals surface area contributed by atoms with Crippen LogP contribution >= 0.6 is 8.24 Å². The number of thiocyanates is 1. The molecule has 0 aromatic carbocycles. The summed E-state index contributed by atoms with van der Waals surface area (Å²) >= 11 is 0.629. The first-order valence-corrected chi connectivity index (χ1v) is 8.44. The first kappa shape index (κ1) is 10.4. The molecule has 0 aliphatic rings. The largest absolute Gasteiger partial charge is 0 e. The summed E-state index contributed by atoms with van der Waals surface area (Å²) in [6, 6.07) is 0. The van der Waals surface area contributed by atoms with Gasteiger partial charge in [-0.3, -0.25) is 0 Å². The second-order valence-electron chi connectivity index (χ2n) is 0.236. The van der Waals surface area contributed by atoms with E-state index in [1.165, 1.54) is 8.24 Å². The molecule has 0 saturated heterocycles. The minimum atomic E-state index is 0. The molecular weight excluding hydrogens is 298 g/mol. The zero-order chi connectivity index (χ0) is 3.41. The van der Waals surface area contributed by atoms with E-state index in [-0.39, 0.29) is 51.4 Å². The Hall–Kier alpha value is 2.41. The van der Waals surface area contributed by atoms with Crippen LogP contribution in [0.2, 0.25) is 0 Å². The van der Waals surface area contributed by atoms with E-state index < -0.39 is 0 Å². The van der Waals surface area contributed by atoms with Gasteiger partial charge < -0.3 is 0 Å². The number of rotatable bonds is 0. The van der Waals surface area contributed by atoms with Gasteiger partial charge in [0, 0.05) is 51.4 Å². The van der Waals surface area contributed by atoms with Gasteiger partial charge in [0.15, 0.2) is 0 Å². The van der Waals surface area contributed by atoms with Crippen LogP contribution in [0, 0.1) is 10.7 Å². The average molecular weight is 298 g/mol. The van der Waals surface area contributed by atoms with E-state index in [0.29, 0.717) is 24.6 Å². The molecule has 0 N–H and O–H groups in total. The Labute approximate surface area is 92.4 Å². The summed E-state index contributed by atoms with van der Waals surface area (Å²) in [4.78, 5) is 0. The van der Waals surface area contributed by atoms with Crippen molar-refractivity contribution in [2.24, 2.45) is 0 Å². The standard InChI is InChI=1S/CHNS.Hg.K/c2-1-3;;/h3H;;/q;+1;/p-1. The molecule has 0 aliphatic heterocycles. The van der Waals surface area contributed by atoms with Crippen LogP contribution in [0.25, 0.3) is 0 Å². The van der Waals surface area contributed by atoms with Crippen LogP contribution in [0.3, 0.4) is 0 Å². The van der Waals surface area contributed by atoms with Gasteiger partial charge in [-0.1, -0.05) is 0 Å². The third-order valence-corrected chi connectivity index (χ3v) is 1.70.